The molecule has 0 bridgehead atoms. The number of hydrogen-bond acceptors (Lipinski definition) is 3. The van der Waals surface area contributed by atoms with Crippen LogP contribution < -0.4 is 0 Å². The van der Waals surface area contributed by atoms with Gasteiger partial charge < -0.3 is 0 Å². The summed E-state index contributed by atoms with van der Waals surface area (Å²) in [6.07, 6.45) is 1.65. The van der Waals surface area contributed by atoms with Crippen LogP contribution >= 0.6 is 34.5 Å². The van der Waals surface area contributed by atoms with Gasteiger partial charge in [-0.1, -0.05) is 59.6 Å². The van der Waals surface area contributed by atoms with E-state index in [1.807, 2.05) is 35.7 Å². The molecule has 3 rings (SSSR count). The number of aliphatic imine (C=N–C) groups is 1. The van der Waals surface area contributed by atoms with Crippen LogP contribution in [0.2, 0.25) is 10.0 Å². The monoisotopic (exact) mass is 332 g/mol. The Bertz CT molecular complexity index is 762. The SMILES string of the molecule is Clc1cccc(Cl)c1/C=N/c1nc(-c2ccccc2)cs1. The number of nitrogens with zero attached hydrogens (tertiary/aromatic N) is 2. The second kappa shape index (κ2) is 6.39. The molecule has 0 spiro atoms. The van der Waals surface area contributed by atoms with Gasteiger partial charge in [0.2, 0.25) is 5.13 Å². The van der Waals surface area contributed by atoms with E-state index in [-0.39, 0.29) is 0 Å². The van der Waals surface area contributed by atoms with Crippen molar-refractivity contribution >= 4 is 45.9 Å². The van der Waals surface area contributed by atoms with E-state index in [4.69, 9.17) is 23.2 Å². The molecule has 0 saturated carbocycles. The topological polar surface area (TPSA) is 25.2 Å². The van der Waals surface area contributed by atoms with Crippen LogP contribution in [0.15, 0.2) is 58.9 Å². The molecule has 0 N–H and O–H groups in total. The van der Waals surface area contributed by atoms with Gasteiger partial charge in [0.1, 0.15) is 0 Å². The largest absolute Gasteiger partial charge is 0.227 e. The van der Waals surface area contributed by atoms with Gasteiger partial charge in [-0.25, -0.2) is 9.98 Å². The summed E-state index contributed by atoms with van der Waals surface area (Å²) in [4.78, 5) is 8.85. The molecule has 2 nitrogen and oxygen atoms in total. The zero-order valence-corrected chi connectivity index (χ0v) is 13.2. The number of rotatable bonds is 3. The van der Waals surface area contributed by atoms with Gasteiger partial charge in [-0.05, 0) is 12.1 Å². The van der Waals surface area contributed by atoms with Crippen molar-refractivity contribution in [2.75, 3.05) is 0 Å². The zero-order valence-electron chi connectivity index (χ0n) is 10.8. The third kappa shape index (κ3) is 3.32. The Balaban J connectivity index is 1.86. The van der Waals surface area contributed by atoms with Gasteiger partial charge in [-0.15, -0.1) is 11.3 Å². The summed E-state index contributed by atoms with van der Waals surface area (Å²) in [5, 5.41) is 3.80. The second-order valence-electron chi connectivity index (χ2n) is 4.27. The van der Waals surface area contributed by atoms with Crippen LogP contribution in [-0.4, -0.2) is 11.2 Å². The molecule has 0 aliphatic rings. The first-order chi connectivity index (χ1) is 10.2. The van der Waals surface area contributed by atoms with Crippen molar-refractivity contribution in [1.29, 1.82) is 0 Å². The Morgan fingerprint density at radius 1 is 0.952 bits per heavy atom. The molecule has 2 aromatic carbocycles. The molecule has 0 fully saturated rings. The van der Waals surface area contributed by atoms with E-state index in [1.165, 1.54) is 11.3 Å². The lowest BCUT2D eigenvalue weighted by atomic mass is 10.2. The predicted octanol–water partition coefficient (Wildman–Crippen LogP) is 5.87. The summed E-state index contributed by atoms with van der Waals surface area (Å²) in [5.41, 5.74) is 2.70. The Morgan fingerprint density at radius 3 is 2.38 bits per heavy atom. The Morgan fingerprint density at radius 2 is 1.67 bits per heavy atom. The molecular formula is C16H10Cl2N2S. The highest BCUT2D eigenvalue weighted by Gasteiger charge is 2.05. The molecule has 0 saturated heterocycles. The Hall–Kier alpha value is -1.68. The van der Waals surface area contributed by atoms with Crippen LogP contribution in [0.5, 0.6) is 0 Å². The lowest BCUT2D eigenvalue weighted by molar-refractivity contribution is 1.36. The highest BCUT2D eigenvalue weighted by atomic mass is 35.5. The molecule has 0 radical (unpaired) electrons. The molecule has 3 aromatic rings. The standard InChI is InChI=1S/C16H10Cl2N2S/c17-13-7-4-8-14(18)12(13)9-19-16-20-15(10-21-16)11-5-2-1-3-6-11/h1-10H/b19-9+. The minimum Gasteiger partial charge on any atom is -0.227 e. The molecule has 1 aromatic heterocycles. The van der Waals surface area contributed by atoms with Gasteiger partial charge in [-0.3, -0.25) is 0 Å². The molecule has 5 heteroatoms. The molecule has 0 atom stereocenters. The normalized spacial score (nSPS) is 11.1. The summed E-state index contributed by atoms with van der Waals surface area (Å²) in [6, 6.07) is 15.4. The van der Waals surface area contributed by atoms with E-state index in [9.17, 15) is 0 Å². The highest BCUT2D eigenvalue weighted by Crippen LogP contribution is 2.28. The smallest absolute Gasteiger partial charge is 0.209 e. The van der Waals surface area contributed by atoms with E-state index < -0.39 is 0 Å². The van der Waals surface area contributed by atoms with Crippen LogP contribution in [0.25, 0.3) is 11.3 Å². The fraction of sp³-hybridized carbons (Fsp3) is 0. The maximum atomic E-state index is 6.10. The van der Waals surface area contributed by atoms with Crippen LogP contribution in [0.3, 0.4) is 0 Å². The Kier molecular flexibility index (Phi) is 4.34. The van der Waals surface area contributed by atoms with E-state index in [0.29, 0.717) is 20.7 Å². The minimum absolute atomic E-state index is 0.575. The molecule has 0 unspecified atom stereocenters. The fourth-order valence-electron chi connectivity index (χ4n) is 1.82. The summed E-state index contributed by atoms with van der Waals surface area (Å²) >= 11 is 13.7. The van der Waals surface area contributed by atoms with Crippen molar-refractivity contribution in [1.82, 2.24) is 4.98 Å². The van der Waals surface area contributed by atoms with E-state index in [1.54, 1.807) is 24.4 Å². The third-order valence-electron chi connectivity index (χ3n) is 2.87. The van der Waals surface area contributed by atoms with Crippen molar-refractivity contribution in [3.8, 4) is 11.3 Å². The van der Waals surface area contributed by atoms with Crippen LogP contribution in [0, 0.1) is 0 Å². The first-order valence-corrected chi connectivity index (χ1v) is 7.86. The van der Waals surface area contributed by atoms with Crippen molar-refractivity contribution in [2.24, 2.45) is 4.99 Å². The third-order valence-corrected chi connectivity index (χ3v) is 4.27. The summed E-state index contributed by atoms with van der Waals surface area (Å²) in [7, 11) is 0. The lowest BCUT2D eigenvalue weighted by Crippen LogP contribution is -1.84. The lowest BCUT2D eigenvalue weighted by Gasteiger charge is -1.99. The number of hydrogen-bond donors (Lipinski definition) is 0. The van der Waals surface area contributed by atoms with E-state index in [0.717, 1.165) is 11.3 Å². The van der Waals surface area contributed by atoms with Crippen molar-refractivity contribution in [2.45, 2.75) is 0 Å². The molecule has 21 heavy (non-hydrogen) atoms. The average molecular weight is 333 g/mol. The average Bonchev–Trinajstić information content (AvgIpc) is 2.97. The molecule has 0 aliphatic carbocycles. The summed E-state index contributed by atoms with van der Waals surface area (Å²) < 4.78 is 0. The summed E-state index contributed by atoms with van der Waals surface area (Å²) in [5.74, 6) is 0. The predicted molar refractivity (Wildman–Crippen MR) is 91.3 cm³/mol. The maximum Gasteiger partial charge on any atom is 0.209 e. The van der Waals surface area contributed by atoms with Crippen molar-refractivity contribution in [3.63, 3.8) is 0 Å². The number of benzene rings is 2. The van der Waals surface area contributed by atoms with Crippen LogP contribution in [0.1, 0.15) is 5.56 Å². The maximum absolute atomic E-state index is 6.10. The van der Waals surface area contributed by atoms with Gasteiger partial charge in [0, 0.05) is 22.7 Å². The highest BCUT2D eigenvalue weighted by molar-refractivity contribution is 7.13. The molecular weight excluding hydrogens is 323 g/mol. The number of aromatic nitrogens is 1. The van der Waals surface area contributed by atoms with Crippen molar-refractivity contribution < 1.29 is 0 Å². The minimum atomic E-state index is 0.575. The quantitative estimate of drug-likeness (QED) is 0.551. The van der Waals surface area contributed by atoms with Gasteiger partial charge in [0.05, 0.1) is 15.7 Å². The van der Waals surface area contributed by atoms with Crippen LogP contribution in [0.4, 0.5) is 5.13 Å². The summed E-state index contributed by atoms with van der Waals surface area (Å²) in [6.45, 7) is 0. The molecule has 1 heterocycles. The van der Waals surface area contributed by atoms with Gasteiger partial charge in [0.15, 0.2) is 0 Å². The van der Waals surface area contributed by atoms with Crippen molar-refractivity contribution in [3.05, 3.63) is 69.5 Å². The zero-order chi connectivity index (χ0) is 14.7. The van der Waals surface area contributed by atoms with Gasteiger partial charge in [-0.2, -0.15) is 0 Å². The van der Waals surface area contributed by atoms with E-state index in [2.05, 4.69) is 9.98 Å². The first-order valence-electron chi connectivity index (χ1n) is 6.23. The van der Waals surface area contributed by atoms with Gasteiger partial charge >= 0.3 is 0 Å². The van der Waals surface area contributed by atoms with Crippen LogP contribution in [-0.2, 0) is 0 Å². The fourth-order valence-corrected chi connectivity index (χ4v) is 2.98. The number of halogens is 2. The first kappa shape index (κ1) is 14.3. The van der Waals surface area contributed by atoms with E-state index >= 15 is 0 Å². The second-order valence-corrected chi connectivity index (χ2v) is 5.93. The van der Waals surface area contributed by atoms with Gasteiger partial charge in [0.25, 0.3) is 0 Å². The number of thiazole rings is 1. The molecule has 0 amide bonds. The Labute approximate surface area is 136 Å². The molecule has 0 aliphatic heterocycles. The molecule has 104 valence electrons.